The number of rotatable bonds is 1. The van der Waals surface area contributed by atoms with Crippen LogP contribution in [0.5, 0.6) is 0 Å². The van der Waals surface area contributed by atoms with Crippen LogP contribution in [0.15, 0.2) is 36.4 Å². The molecule has 0 aliphatic heterocycles. The Labute approximate surface area is 97.9 Å². The summed E-state index contributed by atoms with van der Waals surface area (Å²) >= 11 is 0. The molecule has 0 amide bonds. The fraction of sp³-hybridized carbons (Fsp3) is 0.250. The molecule has 82 valence electrons. The number of hydrogen-bond donors (Lipinski definition) is 0. The minimum Gasteiger partial charge on any atom is -0.0620 e. The summed E-state index contributed by atoms with van der Waals surface area (Å²) in [6.07, 6.45) is 0. The van der Waals surface area contributed by atoms with Crippen LogP contribution in [-0.4, -0.2) is 0 Å². The first kappa shape index (κ1) is 10.9. The molecule has 0 unspecified atom stereocenters. The monoisotopic (exact) mass is 210 g/mol. The second kappa shape index (κ2) is 4.13. The van der Waals surface area contributed by atoms with Crippen LogP contribution in [-0.2, 0) is 0 Å². The lowest BCUT2D eigenvalue weighted by Gasteiger charge is -2.11. The van der Waals surface area contributed by atoms with E-state index >= 15 is 0 Å². The van der Waals surface area contributed by atoms with E-state index in [-0.39, 0.29) is 0 Å². The predicted octanol–water partition coefficient (Wildman–Crippen LogP) is 4.59. The van der Waals surface area contributed by atoms with Crippen LogP contribution in [0.4, 0.5) is 0 Å². The lowest BCUT2D eigenvalue weighted by atomic mass is 9.94. The molecule has 16 heavy (non-hydrogen) atoms. The number of benzene rings is 2. The van der Waals surface area contributed by atoms with Gasteiger partial charge in [-0.2, -0.15) is 0 Å². The van der Waals surface area contributed by atoms with E-state index in [2.05, 4.69) is 64.1 Å². The molecule has 0 nitrogen and oxygen atoms in total. The van der Waals surface area contributed by atoms with E-state index in [9.17, 15) is 0 Å². The summed E-state index contributed by atoms with van der Waals surface area (Å²) in [5.74, 6) is 0. The lowest BCUT2D eigenvalue weighted by Crippen LogP contribution is -1.90. The van der Waals surface area contributed by atoms with Crippen LogP contribution in [0.1, 0.15) is 22.3 Å². The van der Waals surface area contributed by atoms with Crippen molar-refractivity contribution in [3.8, 4) is 11.1 Å². The highest BCUT2D eigenvalue weighted by Crippen LogP contribution is 2.27. The van der Waals surface area contributed by atoms with Crippen molar-refractivity contribution >= 4 is 0 Å². The maximum Gasteiger partial charge on any atom is -0.0155 e. The summed E-state index contributed by atoms with van der Waals surface area (Å²) in [5, 5.41) is 0. The van der Waals surface area contributed by atoms with Crippen molar-refractivity contribution in [2.24, 2.45) is 0 Å². The maximum absolute atomic E-state index is 2.28. The molecule has 0 fully saturated rings. The third kappa shape index (κ3) is 1.88. The summed E-state index contributed by atoms with van der Waals surface area (Å²) in [6.45, 7) is 8.72. The molecule has 0 saturated carbocycles. The normalized spacial score (nSPS) is 10.5. The molecule has 0 aliphatic carbocycles. The molecule has 0 saturated heterocycles. The number of hydrogen-bond acceptors (Lipinski definition) is 0. The van der Waals surface area contributed by atoms with E-state index in [4.69, 9.17) is 0 Å². The Bertz CT molecular complexity index is 498. The molecular formula is C16H18. The molecular weight excluding hydrogens is 192 g/mol. The van der Waals surface area contributed by atoms with E-state index in [1.165, 1.54) is 33.4 Å². The largest absolute Gasteiger partial charge is 0.0620 e. The first-order valence-corrected chi connectivity index (χ1v) is 5.73. The van der Waals surface area contributed by atoms with Crippen molar-refractivity contribution in [3.63, 3.8) is 0 Å². The average Bonchev–Trinajstić information content (AvgIpc) is 2.26. The highest BCUT2D eigenvalue weighted by molar-refractivity contribution is 5.69. The van der Waals surface area contributed by atoms with Gasteiger partial charge in [0, 0.05) is 0 Å². The first-order chi connectivity index (χ1) is 7.59. The molecule has 0 atom stereocenters. The van der Waals surface area contributed by atoms with E-state index < -0.39 is 0 Å². The quantitative estimate of drug-likeness (QED) is 0.646. The molecule has 0 bridgehead atoms. The van der Waals surface area contributed by atoms with Gasteiger partial charge in [0.2, 0.25) is 0 Å². The Morgan fingerprint density at radius 2 is 1.25 bits per heavy atom. The summed E-state index contributed by atoms with van der Waals surface area (Å²) in [4.78, 5) is 0. The predicted molar refractivity (Wildman–Crippen MR) is 70.8 cm³/mol. The van der Waals surface area contributed by atoms with E-state index in [1.807, 2.05) is 0 Å². The highest BCUT2D eigenvalue weighted by atomic mass is 14.1. The van der Waals surface area contributed by atoms with Gasteiger partial charge in [-0.3, -0.25) is 0 Å². The maximum atomic E-state index is 2.28. The summed E-state index contributed by atoms with van der Waals surface area (Å²) in [6, 6.07) is 13.1. The third-order valence-electron chi connectivity index (χ3n) is 3.38. The van der Waals surface area contributed by atoms with Crippen LogP contribution in [0.2, 0.25) is 0 Å². The smallest absolute Gasteiger partial charge is 0.0155 e. The minimum absolute atomic E-state index is 1.33. The van der Waals surface area contributed by atoms with Crippen molar-refractivity contribution < 1.29 is 0 Å². The first-order valence-electron chi connectivity index (χ1n) is 5.73. The summed E-state index contributed by atoms with van der Waals surface area (Å²) < 4.78 is 0. The Morgan fingerprint density at radius 1 is 0.688 bits per heavy atom. The minimum atomic E-state index is 1.33. The molecule has 2 rings (SSSR count). The van der Waals surface area contributed by atoms with Crippen molar-refractivity contribution in [1.29, 1.82) is 0 Å². The van der Waals surface area contributed by atoms with Gasteiger partial charge in [-0.1, -0.05) is 36.4 Å². The second-order valence-electron chi connectivity index (χ2n) is 4.55. The molecule has 0 aliphatic rings. The van der Waals surface area contributed by atoms with Gasteiger partial charge in [0.1, 0.15) is 0 Å². The Kier molecular flexibility index (Phi) is 2.82. The Morgan fingerprint density at radius 3 is 1.81 bits per heavy atom. The third-order valence-corrected chi connectivity index (χ3v) is 3.38. The molecule has 0 spiro atoms. The standard InChI is InChI=1S/C16H18/c1-11-7-5-6-8-16(11)15-9-12(2)14(4)13(3)10-15/h5-10H,1-4H3. The van der Waals surface area contributed by atoms with Gasteiger partial charge in [-0.15, -0.1) is 0 Å². The topological polar surface area (TPSA) is 0 Å². The molecule has 0 radical (unpaired) electrons. The zero-order chi connectivity index (χ0) is 11.7. The Hall–Kier alpha value is -1.56. The van der Waals surface area contributed by atoms with Crippen LogP contribution in [0, 0.1) is 27.7 Å². The van der Waals surface area contributed by atoms with Gasteiger partial charge in [-0.05, 0) is 61.1 Å². The van der Waals surface area contributed by atoms with Crippen LogP contribution < -0.4 is 0 Å². The average molecular weight is 210 g/mol. The van der Waals surface area contributed by atoms with Gasteiger partial charge in [0.15, 0.2) is 0 Å². The zero-order valence-corrected chi connectivity index (χ0v) is 10.5. The number of aryl methyl sites for hydroxylation is 3. The molecule has 2 aromatic rings. The molecule has 0 heterocycles. The fourth-order valence-electron chi connectivity index (χ4n) is 2.09. The van der Waals surface area contributed by atoms with Gasteiger partial charge < -0.3 is 0 Å². The Balaban J connectivity index is 2.62. The van der Waals surface area contributed by atoms with Crippen LogP contribution >= 0.6 is 0 Å². The zero-order valence-electron chi connectivity index (χ0n) is 10.5. The van der Waals surface area contributed by atoms with Crippen molar-refractivity contribution in [2.75, 3.05) is 0 Å². The van der Waals surface area contributed by atoms with Gasteiger partial charge in [0.05, 0.1) is 0 Å². The van der Waals surface area contributed by atoms with Gasteiger partial charge in [-0.25, -0.2) is 0 Å². The molecule has 0 N–H and O–H groups in total. The SMILES string of the molecule is Cc1ccccc1-c1cc(C)c(C)c(C)c1. The molecule has 2 aromatic carbocycles. The summed E-state index contributed by atoms with van der Waals surface area (Å²) in [7, 11) is 0. The van der Waals surface area contributed by atoms with Gasteiger partial charge >= 0.3 is 0 Å². The molecule has 0 aromatic heterocycles. The van der Waals surface area contributed by atoms with Crippen molar-refractivity contribution in [1.82, 2.24) is 0 Å². The van der Waals surface area contributed by atoms with E-state index in [1.54, 1.807) is 0 Å². The van der Waals surface area contributed by atoms with Gasteiger partial charge in [0.25, 0.3) is 0 Å². The van der Waals surface area contributed by atoms with E-state index in [0.29, 0.717) is 0 Å². The summed E-state index contributed by atoms with van der Waals surface area (Å²) in [5.41, 5.74) is 8.16. The van der Waals surface area contributed by atoms with Crippen molar-refractivity contribution in [3.05, 3.63) is 58.7 Å². The highest BCUT2D eigenvalue weighted by Gasteiger charge is 2.04. The molecule has 0 heteroatoms. The van der Waals surface area contributed by atoms with Crippen LogP contribution in [0.3, 0.4) is 0 Å². The second-order valence-corrected chi connectivity index (χ2v) is 4.55. The van der Waals surface area contributed by atoms with Crippen LogP contribution in [0.25, 0.3) is 11.1 Å². The van der Waals surface area contributed by atoms with Crippen molar-refractivity contribution in [2.45, 2.75) is 27.7 Å². The lowest BCUT2D eigenvalue weighted by molar-refractivity contribution is 1.26. The fourth-order valence-corrected chi connectivity index (χ4v) is 2.09. The van der Waals surface area contributed by atoms with E-state index in [0.717, 1.165) is 0 Å².